The Morgan fingerprint density at radius 1 is 0.463 bits per heavy atom. The number of nitrogens with zero attached hydrogens (tertiary/aromatic N) is 1. The van der Waals surface area contributed by atoms with Gasteiger partial charge < -0.3 is 28.5 Å². The third-order valence-electron chi connectivity index (χ3n) is 11.1. The van der Waals surface area contributed by atoms with Crippen molar-refractivity contribution in [3.05, 3.63) is 85.1 Å². The van der Waals surface area contributed by atoms with Gasteiger partial charge in [0, 0.05) is 12.8 Å². The minimum atomic E-state index is -1.52. The highest BCUT2D eigenvalue weighted by molar-refractivity contribution is 5.71. The van der Waals surface area contributed by atoms with Crippen LogP contribution >= 0.6 is 0 Å². The second-order valence-electron chi connectivity index (χ2n) is 18.8. The molecule has 0 aromatic rings. The lowest BCUT2D eigenvalue weighted by Gasteiger charge is -2.25. The zero-order valence-electron chi connectivity index (χ0n) is 43.5. The quantitative estimate of drug-likeness (QED) is 0.0211. The number of carboxylic acid groups (broad SMARTS) is 1. The minimum absolute atomic E-state index is 0.178. The largest absolute Gasteiger partial charge is 0.477 e. The molecule has 0 rings (SSSR count). The molecule has 384 valence electrons. The zero-order valence-corrected chi connectivity index (χ0v) is 43.5. The molecular formula is C58H100NO8+. The fourth-order valence-electron chi connectivity index (χ4n) is 7.01. The van der Waals surface area contributed by atoms with Gasteiger partial charge in [-0.2, -0.15) is 0 Å². The summed E-state index contributed by atoms with van der Waals surface area (Å²) in [7, 11) is 5.95. The number of carboxylic acids is 1. The predicted molar refractivity (Wildman–Crippen MR) is 281 cm³/mol. The summed E-state index contributed by atoms with van der Waals surface area (Å²) in [6.07, 6.45) is 60.7. The van der Waals surface area contributed by atoms with Crippen molar-refractivity contribution in [1.29, 1.82) is 0 Å². The molecule has 0 aromatic heterocycles. The molecule has 0 aliphatic rings. The van der Waals surface area contributed by atoms with E-state index in [-0.39, 0.29) is 32.2 Å². The maximum absolute atomic E-state index is 12.8. The van der Waals surface area contributed by atoms with Crippen LogP contribution in [-0.2, 0) is 33.3 Å². The van der Waals surface area contributed by atoms with Crippen molar-refractivity contribution in [2.75, 3.05) is 47.5 Å². The van der Waals surface area contributed by atoms with Crippen LogP contribution in [-0.4, -0.2) is 87.4 Å². The number of carbonyl (C=O) groups excluding carboxylic acids is 2. The first-order valence-corrected chi connectivity index (χ1v) is 26.8. The van der Waals surface area contributed by atoms with E-state index in [1.807, 2.05) is 21.1 Å². The molecule has 2 atom stereocenters. The Kier molecular flexibility index (Phi) is 46.3. The van der Waals surface area contributed by atoms with Crippen molar-refractivity contribution in [2.45, 2.75) is 219 Å². The Bertz CT molecular complexity index is 1370. The van der Waals surface area contributed by atoms with Crippen molar-refractivity contribution in [2.24, 2.45) is 0 Å². The van der Waals surface area contributed by atoms with Crippen LogP contribution in [0.15, 0.2) is 85.1 Å². The molecule has 2 unspecified atom stereocenters. The Morgan fingerprint density at radius 2 is 0.851 bits per heavy atom. The molecule has 0 aromatic carbocycles. The topological polar surface area (TPSA) is 108 Å². The summed E-state index contributed by atoms with van der Waals surface area (Å²) in [6, 6.07) is 0. The Hall–Kier alpha value is -3.53. The van der Waals surface area contributed by atoms with Crippen molar-refractivity contribution in [3.63, 3.8) is 0 Å². The van der Waals surface area contributed by atoms with E-state index in [9.17, 15) is 19.5 Å². The number of ether oxygens (including phenoxy) is 4. The molecule has 0 radical (unpaired) electrons. The van der Waals surface area contributed by atoms with E-state index in [0.29, 0.717) is 23.9 Å². The highest BCUT2D eigenvalue weighted by Crippen LogP contribution is 2.14. The van der Waals surface area contributed by atoms with Crippen molar-refractivity contribution in [1.82, 2.24) is 0 Å². The van der Waals surface area contributed by atoms with Crippen LogP contribution in [0.1, 0.15) is 206 Å². The first kappa shape index (κ1) is 63.5. The predicted octanol–water partition coefficient (Wildman–Crippen LogP) is 15.2. The van der Waals surface area contributed by atoms with Gasteiger partial charge in [-0.3, -0.25) is 9.59 Å². The smallest absolute Gasteiger partial charge is 0.361 e. The molecule has 0 saturated carbocycles. The maximum Gasteiger partial charge on any atom is 0.361 e. The van der Waals surface area contributed by atoms with Crippen LogP contribution in [0.5, 0.6) is 0 Å². The summed E-state index contributed by atoms with van der Waals surface area (Å²) < 4.78 is 22.8. The highest BCUT2D eigenvalue weighted by atomic mass is 16.7. The third kappa shape index (κ3) is 50.2. The van der Waals surface area contributed by atoms with E-state index in [1.165, 1.54) is 89.9 Å². The van der Waals surface area contributed by atoms with Gasteiger partial charge in [-0.25, -0.2) is 4.79 Å². The number of hydrogen-bond acceptors (Lipinski definition) is 7. The molecular weight excluding hydrogens is 839 g/mol. The fourth-order valence-corrected chi connectivity index (χ4v) is 7.01. The van der Waals surface area contributed by atoms with Crippen LogP contribution in [0.2, 0.25) is 0 Å². The lowest BCUT2D eigenvalue weighted by molar-refractivity contribution is -0.870. The van der Waals surface area contributed by atoms with Gasteiger partial charge in [0.1, 0.15) is 13.2 Å². The first-order valence-electron chi connectivity index (χ1n) is 26.8. The number of allylic oxidation sites excluding steroid dienone is 14. The van der Waals surface area contributed by atoms with Crippen molar-refractivity contribution < 1.29 is 42.9 Å². The molecule has 9 nitrogen and oxygen atoms in total. The Morgan fingerprint density at radius 3 is 1.28 bits per heavy atom. The number of likely N-dealkylation sites (N-methyl/N-ethyl adjacent to an activating group) is 1. The number of aliphatic carboxylic acids is 1. The van der Waals surface area contributed by atoms with E-state index in [2.05, 4.69) is 98.9 Å². The third-order valence-corrected chi connectivity index (χ3v) is 11.1. The van der Waals surface area contributed by atoms with Crippen LogP contribution < -0.4 is 0 Å². The summed E-state index contributed by atoms with van der Waals surface area (Å²) in [6.45, 7) is 4.72. The van der Waals surface area contributed by atoms with E-state index >= 15 is 0 Å². The number of esters is 2. The maximum atomic E-state index is 12.8. The van der Waals surface area contributed by atoms with Crippen molar-refractivity contribution in [3.8, 4) is 0 Å². The average molecular weight is 939 g/mol. The molecule has 0 aliphatic heterocycles. The number of carbonyl (C=O) groups is 3. The average Bonchev–Trinajstić information content (AvgIpc) is 3.29. The lowest BCUT2D eigenvalue weighted by Crippen LogP contribution is -2.40. The van der Waals surface area contributed by atoms with Gasteiger partial charge in [-0.05, 0) is 89.9 Å². The minimum Gasteiger partial charge on any atom is -0.477 e. The number of rotatable bonds is 48. The molecule has 0 aliphatic carbocycles. The van der Waals surface area contributed by atoms with Gasteiger partial charge in [-0.15, -0.1) is 0 Å². The van der Waals surface area contributed by atoms with Crippen LogP contribution in [0.3, 0.4) is 0 Å². The van der Waals surface area contributed by atoms with Gasteiger partial charge in [0.25, 0.3) is 6.29 Å². The number of unbranched alkanes of at least 4 members (excludes halogenated alkanes) is 19. The second-order valence-corrected chi connectivity index (χ2v) is 18.8. The first-order chi connectivity index (χ1) is 32.6. The normalized spacial score (nSPS) is 13.5. The van der Waals surface area contributed by atoms with Crippen LogP contribution in [0.4, 0.5) is 0 Å². The Labute approximate surface area is 410 Å². The molecule has 1 N–H and O–H groups in total. The summed E-state index contributed by atoms with van der Waals surface area (Å²) in [5.41, 5.74) is 0. The Balaban J connectivity index is 4.40. The van der Waals surface area contributed by atoms with Gasteiger partial charge in [0.15, 0.2) is 6.10 Å². The molecule has 0 amide bonds. The summed E-state index contributed by atoms with van der Waals surface area (Å²) in [5, 5.41) is 9.68. The number of hydrogen-bond donors (Lipinski definition) is 1. The van der Waals surface area contributed by atoms with E-state index < -0.39 is 24.3 Å². The highest BCUT2D eigenvalue weighted by Gasteiger charge is 2.25. The fraction of sp³-hybridized carbons (Fsp3) is 0.707. The molecule has 9 heteroatoms. The SMILES string of the molecule is CC/C=C\C/C=C\C/C=C\C/C=C\C/C=C\C/C=C\CCCCCCC(=O)OC(COC(=O)CCCCCCCCCCC/C=C\CCCCCCCC)COC(OCC[N+](C)(C)C)C(=O)O. The van der Waals surface area contributed by atoms with Crippen molar-refractivity contribution >= 4 is 17.9 Å². The molecule has 0 heterocycles. The van der Waals surface area contributed by atoms with E-state index in [1.54, 1.807) is 0 Å². The monoisotopic (exact) mass is 939 g/mol. The molecule has 67 heavy (non-hydrogen) atoms. The van der Waals surface area contributed by atoms with Gasteiger partial charge in [0.05, 0.1) is 34.4 Å². The molecule has 0 saturated heterocycles. The summed E-state index contributed by atoms with van der Waals surface area (Å²) in [5.74, 6) is -2.05. The van der Waals surface area contributed by atoms with Gasteiger partial charge in [-0.1, -0.05) is 189 Å². The second kappa shape index (κ2) is 48.9. The standard InChI is InChI=1S/C58H99NO8/c1-6-8-10-12-14-16-18-20-22-24-26-27-28-29-31-33-35-37-39-41-43-45-47-49-56(61)67-54(53-66-58(57(62)63)64-51-50-59(3,4)5)52-65-55(60)48-46-44-42-40-38-36-34-32-30-25-23-21-19-17-15-13-11-9-7-2/h8,10,14,16,20-23,26-27,29,31,35,37,54,58H,6-7,9,11-13,15,17-19,24-25,28,30,32-34,36,38-53H2,1-5H3/p+1/b10-8-,16-14-,22-20-,23-21-,27-26-,31-29-,37-35-. The number of quaternary nitrogens is 1. The molecule has 0 spiro atoms. The molecule has 0 bridgehead atoms. The lowest BCUT2D eigenvalue weighted by atomic mass is 10.1. The van der Waals surface area contributed by atoms with E-state index in [4.69, 9.17) is 18.9 Å². The van der Waals surface area contributed by atoms with Gasteiger partial charge >= 0.3 is 17.9 Å². The van der Waals surface area contributed by atoms with E-state index in [0.717, 1.165) is 83.5 Å². The van der Waals surface area contributed by atoms with Gasteiger partial charge in [0.2, 0.25) is 0 Å². The molecule has 0 fully saturated rings. The van der Waals surface area contributed by atoms with Crippen LogP contribution in [0.25, 0.3) is 0 Å². The van der Waals surface area contributed by atoms with Crippen LogP contribution in [0, 0.1) is 0 Å². The zero-order chi connectivity index (χ0) is 49.2. The summed E-state index contributed by atoms with van der Waals surface area (Å²) >= 11 is 0. The summed E-state index contributed by atoms with van der Waals surface area (Å²) in [4.78, 5) is 37.3.